The van der Waals surface area contributed by atoms with E-state index < -0.39 is 5.97 Å². The molecule has 19 heavy (non-hydrogen) atoms. The monoisotopic (exact) mass is 283 g/mol. The summed E-state index contributed by atoms with van der Waals surface area (Å²) < 4.78 is 0. The number of nitrogens with one attached hydrogen (secondary N) is 1. The Morgan fingerprint density at radius 3 is 3.00 bits per heavy atom. The summed E-state index contributed by atoms with van der Waals surface area (Å²) in [5.74, 6) is -0.574. The SMILES string of the molecule is CC1CC(Nc2nccc(C(=O)O)c2Cl)CCN1C. The number of halogens is 1. The van der Waals surface area contributed by atoms with Gasteiger partial charge in [-0.1, -0.05) is 11.6 Å². The largest absolute Gasteiger partial charge is 0.478 e. The lowest BCUT2D eigenvalue weighted by Crippen LogP contribution is -2.42. The predicted octanol–water partition coefficient (Wildman–Crippen LogP) is 2.33. The molecule has 2 unspecified atom stereocenters. The van der Waals surface area contributed by atoms with Crippen molar-refractivity contribution in [3.63, 3.8) is 0 Å². The zero-order chi connectivity index (χ0) is 14.0. The number of aromatic nitrogens is 1. The molecule has 0 aliphatic carbocycles. The molecule has 1 fully saturated rings. The first-order chi connectivity index (χ1) is 8.99. The van der Waals surface area contributed by atoms with Crippen LogP contribution in [0.3, 0.4) is 0 Å². The van der Waals surface area contributed by atoms with Crippen LogP contribution >= 0.6 is 11.6 Å². The second kappa shape index (κ2) is 5.75. The van der Waals surface area contributed by atoms with Gasteiger partial charge in [-0.25, -0.2) is 9.78 Å². The van der Waals surface area contributed by atoms with Gasteiger partial charge in [0, 0.05) is 24.8 Å². The lowest BCUT2D eigenvalue weighted by Gasteiger charge is -2.35. The van der Waals surface area contributed by atoms with Gasteiger partial charge >= 0.3 is 5.97 Å². The Hall–Kier alpha value is -1.33. The highest BCUT2D eigenvalue weighted by Crippen LogP contribution is 2.26. The number of carboxylic acids is 1. The molecule has 5 nitrogen and oxygen atoms in total. The Kier molecular flexibility index (Phi) is 4.27. The zero-order valence-electron chi connectivity index (χ0n) is 11.1. The molecule has 2 N–H and O–H groups in total. The number of nitrogens with zero attached hydrogens (tertiary/aromatic N) is 2. The first kappa shape index (κ1) is 14.1. The Labute approximate surface area is 117 Å². The van der Waals surface area contributed by atoms with Gasteiger partial charge in [-0.15, -0.1) is 0 Å². The first-order valence-corrected chi connectivity index (χ1v) is 6.71. The average Bonchev–Trinajstić information content (AvgIpc) is 2.36. The molecule has 0 aromatic carbocycles. The molecule has 0 radical (unpaired) electrons. The number of hydrogen-bond donors (Lipinski definition) is 2. The quantitative estimate of drug-likeness (QED) is 0.891. The number of likely N-dealkylation sites (tertiary alicyclic amines) is 1. The maximum Gasteiger partial charge on any atom is 0.337 e. The molecule has 0 spiro atoms. The highest BCUT2D eigenvalue weighted by atomic mass is 35.5. The lowest BCUT2D eigenvalue weighted by atomic mass is 9.99. The minimum atomic E-state index is -1.04. The minimum Gasteiger partial charge on any atom is -0.478 e. The van der Waals surface area contributed by atoms with Crippen LogP contribution in [-0.2, 0) is 0 Å². The molecule has 1 aliphatic rings. The molecule has 1 aliphatic heterocycles. The van der Waals surface area contributed by atoms with E-state index in [0.29, 0.717) is 11.9 Å². The van der Waals surface area contributed by atoms with Crippen molar-refractivity contribution < 1.29 is 9.90 Å². The molecule has 104 valence electrons. The number of hydrogen-bond acceptors (Lipinski definition) is 4. The molecule has 2 rings (SSSR count). The van der Waals surface area contributed by atoms with Gasteiger partial charge in [-0.2, -0.15) is 0 Å². The van der Waals surface area contributed by atoms with Crippen LogP contribution in [0, 0.1) is 0 Å². The summed E-state index contributed by atoms with van der Waals surface area (Å²) in [6, 6.07) is 2.18. The van der Waals surface area contributed by atoms with E-state index in [0.717, 1.165) is 19.4 Å². The number of pyridine rings is 1. The number of piperidine rings is 1. The summed E-state index contributed by atoms with van der Waals surface area (Å²) in [4.78, 5) is 17.5. The Morgan fingerprint density at radius 2 is 2.37 bits per heavy atom. The van der Waals surface area contributed by atoms with Gasteiger partial charge in [0.25, 0.3) is 0 Å². The van der Waals surface area contributed by atoms with Crippen LogP contribution in [-0.4, -0.2) is 46.6 Å². The summed E-state index contributed by atoms with van der Waals surface area (Å²) in [6.45, 7) is 3.19. The average molecular weight is 284 g/mol. The van der Waals surface area contributed by atoms with Crippen molar-refractivity contribution in [3.05, 3.63) is 22.8 Å². The fourth-order valence-electron chi connectivity index (χ4n) is 2.32. The molecule has 2 heterocycles. The van der Waals surface area contributed by atoms with Gasteiger partial charge in [-0.3, -0.25) is 0 Å². The van der Waals surface area contributed by atoms with Crippen molar-refractivity contribution in [3.8, 4) is 0 Å². The van der Waals surface area contributed by atoms with Crippen molar-refractivity contribution in [1.82, 2.24) is 9.88 Å². The van der Waals surface area contributed by atoms with Gasteiger partial charge in [0.05, 0.1) is 10.6 Å². The fourth-order valence-corrected chi connectivity index (χ4v) is 2.57. The standard InChI is InChI=1S/C13H18ClN3O2/c1-8-7-9(4-6-17(8)2)16-12-11(14)10(13(18)19)3-5-15-12/h3,5,8-9H,4,6-7H2,1-2H3,(H,15,16)(H,18,19). The molecule has 2 atom stereocenters. The third-order valence-electron chi connectivity index (χ3n) is 3.67. The second-order valence-electron chi connectivity index (χ2n) is 5.02. The summed E-state index contributed by atoms with van der Waals surface area (Å²) in [5, 5.41) is 12.5. The Bertz CT molecular complexity index is 481. The molecule has 0 bridgehead atoms. The Balaban J connectivity index is 2.11. The van der Waals surface area contributed by atoms with Crippen molar-refractivity contribution in [1.29, 1.82) is 0 Å². The van der Waals surface area contributed by atoms with E-state index in [4.69, 9.17) is 16.7 Å². The smallest absolute Gasteiger partial charge is 0.337 e. The van der Waals surface area contributed by atoms with Gasteiger partial charge in [0.2, 0.25) is 0 Å². The molecular weight excluding hydrogens is 266 g/mol. The zero-order valence-corrected chi connectivity index (χ0v) is 11.8. The van der Waals surface area contributed by atoms with E-state index in [1.807, 2.05) is 0 Å². The second-order valence-corrected chi connectivity index (χ2v) is 5.40. The normalized spacial score (nSPS) is 24.2. The number of aromatic carboxylic acids is 1. The molecule has 1 saturated heterocycles. The van der Waals surface area contributed by atoms with Crippen LogP contribution in [0.5, 0.6) is 0 Å². The summed E-state index contributed by atoms with van der Waals surface area (Å²) in [6.07, 6.45) is 3.46. The molecule has 0 saturated carbocycles. The van der Waals surface area contributed by atoms with Gasteiger partial charge < -0.3 is 15.3 Å². The van der Waals surface area contributed by atoms with Crippen LogP contribution in [0.2, 0.25) is 5.02 Å². The third kappa shape index (κ3) is 3.16. The van der Waals surface area contributed by atoms with E-state index in [-0.39, 0.29) is 16.6 Å². The highest BCUT2D eigenvalue weighted by molar-refractivity contribution is 6.35. The van der Waals surface area contributed by atoms with E-state index >= 15 is 0 Å². The van der Waals surface area contributed by atoms with Crippen LogP contribution in [0.25, 0.3) is 0 Å². The van der Waals surface area contributed by atoms with E-state index in [9.17, 15) is 4.79 Å². The van der Waals surface area contributed by atoms with E-state index in [2.05, 4.69) is 29.2 Å². The minimum absolute atomic E-state index is 0.0835. The van der Waals surface area contributed by atoms with E-state index in [1.54, 1.807) is 0 Å². The van der Waals surface area contributed by atoms with Crippen LogP contribution < -0.4 is 5.32 Å². The molecule has 1 aromatic heterocycles. The maximum absolute atomic E-state index is 11.0. The molecule has 0 amide bonds. The van der Waals surface area contributed by atoms with Gasteiger partial charge in [-0.05, 0) is 32.9 Å². The molecule has 1 aromatic rings. The number of carboxylic acid groups (broad SMARTS) is 1. The highest BCUT2D eigenvalue weighted by Gasteiger charge is 2.24. The maximum atomic E-state index is 11.0. The summed E-state index contributed by atoms with van der Waals surface area (Å²) in [7, 11) is 2.11. The summed E-state index contributed by atoms with van der Waals surface area (Å²) in [5.41, 5.74) is 0.0835. The van der Waals surface area contributed by atoms with Crippen LogP contribution in [0.4, 0.5) is 5.82 Å². The van der Waals surface area contributed by atoms with Gasteiger partial charge in [0.1, 0.15) is 5.82 Å². The number of rotatable bonds is 3. The first-order valence-electron chi connectivity index (χ1n) is 6.33. The van der Waals surface area contributed by atoms with Crippen LogP contribution in [0.1, 0.15) is 30.1 Å². The van der Waals surface area contributed by atoms with E-state index in [1.165, 1.54) is 12.3 Å². The summed E-state index contributed by atoms with van der Waals surface area (Å²) >= 11 is 6.07. The van der Waals surface area contributed by atoms with Crippen molar-refractivity contribution in [2.45, 2.75) is 31.8 Å². The van der Waals surface area contributed by atoms with Crippen molar-refractivity contribution in [2.75, 3.05) is 18.9 Å². The number of anilines is 1. The Morgan fingerprint density at radius 1 is 1.63 bits per heavy atom. The third-order valence-corrected chi connectivity index (χ3v) is 4.05. The van der Waals surface area contributed by atoms with Crippen molar-refractivity contribution in [2.24, 2.45) is 0 Å². The fraction of sp³-hybridized carbons (Fsp3) is 0.538. The predicted molar refractivity (Wildman–Crippen MR) is 74.9 cm³/mol. The molecular formula is C13H18ClN3O2. The van der Waals surface area contributed by atoms with Crippen LogP contribution in [0.15, 0.2) is 12.3 Å². The van der Waals surface area contributed by atoms with Gasteiger partial charge in [0.15, 0.2) is 0 Å². The number of carbonyl (C=O) groups is 1. The topological polar surface area (TPSA) is 65.5 Å². The van der Waals surface area contributed by atoms with Crippen molar-refractivity contribution >= 4 is 23.4 Å². The molecule has 6 heteroatoms. The lowest BCUT2D eigenvalue weighted by molar-refractivity contribution is 0.0697.